The maximum atomic E-state index is 12.4. The number of ketones is 1. The third-order valence-electron chi connectivity index (χ3n) is 3.87. The van der Waals surface area contributed by atoms with Crippen LogP contribution in [0.25, 0.3) is 0 Å². The minimum absolute atomic E-state index is 0.138. The molecule has 0 saturated carbocycles. The smallest absolute Gasteiger partial charge is 0.268 e. The van der Waals surface area contributed by atoms with Gasteiger partial charge in [-0.15, -0.1) is 0 Å². The lowest BCUT2D eigenvalue weighted by molar-refractivity contribution is -0.130. The largest absolute Gasteiger partial charge is 0.479 e. The summed E-state index contributed by atoms with van der Waals surface area (Å²) >= 11 is 0. The molecule has 1 heterocycles. The van der Waals surface area contributed by atoms with E-state index in [2.05, 4.69) is 5.32 Å². The van der Waals surface area contributed by atoms with E-state index < -0.39 is 12.4 Å². The number of carbonyl (C=O) groups is 3. The van der Waals surface area contributed by atoms with Gasteiger partial charge in [-0.1, -0.05) is 0 Å². The van der Waals surface area contributed by atoms with Gasteiger partial charge in [0, 0.05) is 19.8 Å². The van der Waals surface area contributed by atoms with Crippen LogP contribution in [0.2, 0.25) is 0 Å². The van der Waals surface area contributed by atoms with E-state index in [4.69, 9.17) is 14.2 Å². The second-order valence-corrected chi connectivity index (χ2v) is 5.63. The number of benzene rings is 1. The maximum Gasteiger partial charge on any atom is 0.268 e. The monoisotopic (exact) mass is 350 g/mol. The van der Waals surface area contributed by atoms with E-state index in [1.54, 1.807) is 25.1 Å². The predicted octanol–water partition coefficient (Wildman–Crippen LogP) is 0.738. The molecule has 1 atom stereocenters. The average Bonchev–Trinajstić information content (AvgIpc) is 2.59. The van der Waals surface area contributed by atoms with Crippen LogP contribution in [0.15, 0.2) is 18.2 Å². The first-order valence-corrected chi connectivity index (χ1v) is 7.82. The second kappa shape index (κ2) is 8.09. The highest BCUT2D eigenvalue weighted by molar-refractivity contribution is 6.05. The second-order valence-electron chi connectivity index (χ2n) is 5.63. The van der Waals surface area contributed by atoms with Gasteiger partial charge in [0.05, 0.1) is 12.2 Å². The zero-order chi connectivity index (χ0) is 18.6. The summed E-state index contributed by atoms with van der Waals surface area (Å²) in [6, 6.07) is 4.82. The Kier molecular flexibility index (Phi) is 6.11. The number of ether oxygens (including phenoxy) is 3. The van der Waals surface area contributed by atoms with E-state index in [1.165, 1.54) is 26.0 Å². The van der Waals surface area contributed by atoms with E-state index in [1.807, 2.05) is 0 Å². The van der Waals surface area contributed by atoms with Gasteiger partial charge >= 0.3 is 0 Å². The van der Waals surface area contributed by atoms with Crippen LogP contribution in [-0.4, -0.2) is 57.3 Å². The molecule has 1 aliphatic heterocycles. The SMILES string of the molecule is COC(CNC(=O)CN1C(=O)C(C)Oc2ccc(C(C)=O)cc21)OC. The van der Waals surface area contributed by atoms with Crippen molar-refractivity contribution in [3.8, 4) is 5.75 Å². The number of rotatable bonds is 7. The number of Topliss-reactive ketones (excluding diaryl/α,β-unsaturated/α-hetero) is 1. The van der Waals surface area contributed by atoms with Crippen LogP contribution in [0, 0.1) is 0 Å². The molecule has 0 bridgehead atoms. The lowest BCUT2D eigenvalue weighted by Gasteiger charge is -2.33. The van der Waals surface area contributed by atoms with Crippen molar-refractivity contribution >= 4 is 23.3 Å². The first-order chi connectivity index (χ1) is 11.9. The van der Waals surface area contributed by atoms with Crippen molar-refractivity contribution in [1.29, 1.82) is 0 Å². The van der Waals surface area contributed by atoms with Crippen molar-refractivity contribution < 1.29 is 28.6 Å². The molecular weight excluding hydrogens is 328 g/mol. The zero-order valence-electron chi connectivity index (χ0n) is 14.7. The molecule has 0 radical (unpaired) electrons. The third-order valence-corrected chi connectivity index (χ3v) is 3.87. The molecule has 136 valence electrons. The van der Waals surface area contributed by atoms with Gasteiger partial charge in [-0.25, -0.2) is 0 Å². The lowest BCUT2D eigenvalue weighted by atomic mass is 10.1. The minimum atomic E-state index is -0.714. The van der Waals surface area contributed by atoms with Gasteiger partial charge in [0.1, 0.15) is 12.3 Å². The highest BCUT2D eigenvalue weighted by atomic mass is 16.7. The molecule has 2 rings (SSSR count). The van der Waals surface area contributed by atoms with Gasteiger partial charge in [-0.2, -0.15) is 0 Å². The van der Waals surface area contributed by atoms with E-state index >= 15 is 0 Å². The summed E-state index contributed by atoms with van der Waals surface area (Å²) in [4.78, 5) is 37.6. The third kappa shape index (κ3) is 4.34. The van der Waals surface area contributed by atoms with Gasteiger partial charge in [0.2, 0.25) is 5.91 Å². The number of nitrogens with one attached hydrogen (secondary N) is 1. The summed E-state index contributed by atoms with van der Waals surface area (Å²) in [7, 11) is 2.93. The molecule has 1 aliphatic rings. The fourth-order valence-electron chi connectivity index (χ4n) is 2.45. The predicted molar refractivity (Wildman–Crippen MR) is 89.7 cm³/mol. The summed E-state index contributed by atoms with van der Waals surface area (Å²) in [5, 5.41) is 2.64. The molecule has 0 spiro atoms. The van der Waals surface area contributed by atoms with Crippen molar-refractivity contribution in [3.05, 3.63) is 23.8 Å². The van der Waals surface area contributed by atoms with Crippen LogP contribution in [-0.2, 0) is 19.1 Å². The van der Waals surface area contributed by atoms with Crippen molar-refractivity contribution in [2.24, 2.45) is 0 Å². The number of methoxy groups -OCH3 is 2. The van der Waals surface area contributed by atoms with Crippen LogP contribution < -0.4 is 15.0 Å². The number of hydrogen-bond donors (Lipinski definition) is 1. The van der Waals surface area contributed by atoms with Crippen LogP contribution in [0.3, 0.4) is 0 Å². The number of hydrogen-bond acceptors (Lipinski definition) is 6. The summed E-state index contributed by atoms with van der Waals surface area (Å²) in [5.74, 6) is -0.406. The van der Waals surface area contributed by atoms with E-state index in [0.717, 1.165) is 0 Å². The normalized spacial score (nSPS) is 16.4. The molecule has 1 aromatic carbocycles. The molecule has 8 nitrogen and oxygen atoms in total. The summed E-state index contributed by atoms with van der Waals surface area (Å²) in [5.41, 5.74) is 0.843. The van der Waals surface area contributed by atoms with Crippen LogP contribution in [0.5, 0.6) is 5.75 Å². The average molecular weight is 350 g/mol. The van der Waals surface area contributed by atoms with Crippen molar-refractivity contribution in [2.75, 3.05) is 32.2 Å². The maximum absolute atomic E-state index is 12.4. The highest BCUT2D eigenvalue weighted by Crippen LogP contribution is 2.34. The van der Waals surface area contributed by atoms with Crippen LogP contribution in [0.4, 0.5) is 5.69 Å². The Hall–Kier alpha value is -2.45. The molecule has 0 aliphatic carbocycles. The van der Waals surface area contributed by atoms with E-state index in [-0.39, 0.29) is 30.7 Å². The Morgan fingerprint density at radius 2 is 2.00 bits per heavy atom. The van der Waals surface area contributed by atoms with Crippen LogP contribution in [0.1, 0.15) is 24.2 Å². The van der Waals surface area contributed by atoms with Crippen molar-refractivity contribution in [1.82, 2.24) is 5.32 Å². The minimum Gasteiger partial charge on any atom is -0.479 e. The van der Waals surface area contributed by atoms with Gasteiger partial charge in [-0.3, -0.25) is 19.3 Å². The lowest BCUT2D eigenvalue weighted by Crippen LogP contribution is -2.49. The van der Waals surface area contributed by atoms with Crippen molar-refractivity contribution in [2.45, 2.75) is 26.2 Å². The highest BCUT2D eigenvalue weighted by Gasteiger charge is 2.33. The molecule has 8 heteroatoms. The number of anilines is 1. The molecule has 1 unspecified atom stereocenters. The number of amides is 2. The molecule has 2 amide bonds. The quantitative estimate of drug-likeness (QED) is 0.576. The van der Waals surface area contributed by atoms with Gasteiger partial charge in [0.25, 0.3) is 5.91 Å². The number of fused-ring (bicyclic) bond motifs is 1. The Morgan fingerprint density at radius 1 is 1.32 bits per heavy atom. The number of carbonyl (C=O) groups excluding carboxylic acids is 3. The molecule has 0 fully saturated rings. The van der Waals surface area contributed by atoms with E-state index in [0.29, 0.717) is 17.0 Å². The first-order valence-electron chi connectivity index (χ1n) is 7.82. The number of nitrogens with zero attached hydrogens (tertiary/aromatic N) is 1. The Labute approximate surface area is 146 Å². The Bertz CT molecular complexity index is 671. The van der Waals surface area contributed by atoms with Gasteiger partial charge in [0.15, 0.2) is 18.2 Å². The van der Waals surface area contributed by atoms with Gasteiger partial charge < -0.3 is 19.5 Å². The Balaban J connectivity index is 2.19. The van der Waals surface area contributed by atoms with Crippen LogP contribution >= 0.6 is 0 Å². The summed E-state index contributed by atoms with van der Waals surface area (Å²) in [6.07, 6.45) is -1.28. The zero-order valence-corrected chi connectivity index (χ0v) is 14.7. The standard InChI is InChI=1S/C17H22N2O6/c1-10(20)12-5-6-14-13(7-12)19(17(22)11(2)25-14)9-15(21)18-8-16(23-3)24-4/h5-7,11,16H,8-9H2,1-4H3,(H,18,21). The summed E-state index contributed by atoms with van der Waals surface area (Å²) in [6.45, 7) is 3.00. The molecule has 25 heavy (non-hydrogen) atoms. The van der Waals surface area contributed by atoms with Gasteiger partial charge in [-0.05, 0) is 32.0 Å². The van der Waals surface area contributed by atoms with E-state index in [9.17, 15) is 14.4 Å². The molecular formula is C17H22N2O6. The summed E-state index contributed by atoms with van der Waals surface area (Å²) < 4.78 is 15.6. The molecule has 1 N–H and O–H groups in total. The Morgan fingerprint density at radius 3 is 2.60 bits per heavy atom. The fourth-order valence-corrected chi connectivity index (χ4v) is 2.45. The molecule has 0 aromatic heterocycles. The first kappa shape index (κ1) is 18.9. The molecule has 0 saturated heterocycles. The van der Waals surface area contributed by atoms with Crippen molar-refractivity contribution in [3.63, 3.8) is 0 Å². The topological polar surface area (TPSA) is 94.2 Å². The fraction of sp³-hybridized carbons (Fsp3) is 0.471. The molecule has 1 aromatic rings.